The Morgan fingerprint density at radius 1 is 1.27 bits per heavy atom. The van der Waals surface area contributed by atoms with Crippen LogP contribution >= 0.6 is 0 Å². The van der Waals surface area contributed by atoms with Gasteiger partial charge in [-0.25, -0.2) is 0 Å². The minimum Gasteiger partial charge on any atom is -0.394 e. The molecular formula is C21H28O5. The van der Waals surface area contributed by atoms with Gasteiger partial charge in [0.15, 0.2) is 5.78 Å². The first-order valence-corrected chi connectivity index (χ1v) is 9.65. The third-order valence-corrected chi connectivity index (χ3v) is 8.20. The fourth-order valence-electron chi connectivity index (χ4n) is 6.76. The van der Waals surface area contributed by atoms with E-state index in [1.54, 1.807) is 12.2 Å². The lowest BCUT2D eigenvalue weighted by Gasteiger charge is -2.57. The molecule has 4 aliphatic rings. The van der Waals surface area contributed by atoms with E-state index < -0.39 is 29.1 Å². The molecule has 0 amide bonds. The van der Waals surface area contributed by atoms with Crippen molar-refractivity contribution in [3.63, 3.8) is 0 Å². The number of carbonyl (C=O) groups excluding carboxylic acids is 2. The summed E-state index contributed by atoms with van der Waals surface area (Å²) in [7, 11) is 0. The van der Waals surface area contributed by atoms with Crippen LogP contribution in [0.25, 0.3) is 0 Å². The molecule has 0 bridgehead atoms. The van der Waals surface area contributed by atoms with Crippen molar-refractivity contribution in [3.8, 4) is 0 Å². The first-order valence-electron chi connectivity index (χ1n) is 9.65. The SMILES string of the molecule is C[C@]12C=CC(=O)C=C1CC[C@H]1[C@H]2C(=O)C[C@@]2(C)[C@@H]1CC[C@]2(O)[C@H](O)CO. The van der Waals surface area contributed by atoms with Gasteiger partial charge in [0.05, 0.1) is 12.2 Å². The summed E-state index contributed by atoms with van der Waals surface area (Å²) in [6, 6.07) is 0. The highest BCUT2D eigenvalue weighted by Gasteiger charge is 2.67. The molecule has 0 aromatic heterocycles. The topological polar surface area (TPSA) is 94.8 Å². The molecule has 5 nitrogen and oxygen atoms in total. The number of hydrogen-bond donors (Lipinski definition) is 3. The highest BCUT2D eigenvalue weighted by molar-refractivity contribution is 6.01. The second-order valence-electron chi connectivity index (χ2n) is 9.20. The molecule has 0 aliphatic heterocycles. The van der Waals surface area contributed by atoms with Crippen LogP contribution in [0.3, 0.4) is 0 Å². The molecule has 142 valence electrons. The van der Waals surface area contributed by atoms with Gasteiger partial charge in [-0.3, -0.25) is 9.59 Å². The Labute approximate surface area is 153 Å². The lowest BCUT2D eigenvalue weighted by Crippen LogP contribution is -2.61. The lowest BCUT2D eigenvalue weighted by atomic mass is 9.46. The van der Waals surface area contributed by atoms with E-state index in [1.807, 2.05) is 13.0 Å². The number of Topliss-reactive ketones (excluding diaryl/α,β-unsaturated/α-hetero) is 1. The number of rotatable bonds is 2. The van der Waals surface area contributed by atoms with Gasteiger partial charge in [0.1, 0.15) is 11.9 Å². The smallest absolute Gasteiger partial charge is 0.178 e. The summed E-state index contributed by atoms with van der Waals surface area (Å²) in [5.74, 6) is 0.164. The molecule has 0 radical (unpaired) electrons. The fraction of sp³-hybridized carbons (Fsp3) is 0.714. The Kier molecular flexibility index (Phi) is 3.89. The van der Waals surface area contributed by atoms with E-state index in [9.17, 15) is 24.9 Å². The number of ketones is 2. The molecule has 7 atom stereocenters. The van der Waals surface area contributed by atoms with Gasteiger partial charge in [0, 0.05) is 23.2 Å². The van der Waals surface area contributed by atoms with Crippen molar-refractivity contribution in [2.24, 2.45) is 28.6 Å². The van der Waals surface area contributed by atoms with Gasteiger partial charge in [-0.1, -0.05) is 25.5 Å². The number of fused-ring (bicyclic) bond motifs is 5. The second kappa shape index (κ2) is 5.60. The van der Waals surface area contributed by atoms with E-state index in [4.69, 9.17) is 0 Å². The second-order valence-corrected chi connectivity index (χ2v) is 9.20. The minimum absolute atomic E-state index is 0.00895. The molecule has 0 heterocycles. The Bertz CT molecular complexity index is 724. The van der Waals surface area contributed by atoms with Crippen LogP contribution in [-0.4, -0.2) is 45.2 Å². The van der Waals surface area contributed by atoms with Gasteiger partial charge in [-0.2, -0.15) is 0 Å². The van der Waals surface area contributed by atoms with Gasteiger partial charge < -0.3 is 15.3 Å². The monoisotopic (exact) mass is 360 g/mol. The Balaban J connectivity index is 1.75. The van der Waals surface area contributed by atoms with Crippen LogP contribution < -0.4 is 0 Å². The predicted octanol–water partition coefficient (Wildman–Crippen LogP) is 1.56. The highest BCUT2D eigenvalue weighted by atomic mass is 16.4. The van der Waals surface area contributed by atoms with Crippen LogP contribution in [0.1, 0.15) is 46.0 Å². The normalized spacial score (nSPS) is 48.5. The van der Waals surface area contributed by atoms with Crippen molar-refractivity contribution in [2.75, 3.05) is 6.61 Å². The standard InChI is InChI=1S/C21H28O5/c1-19-7-5-13(23)9-12(19)3-4-14-15-6-8-21(26,17(25)11-22)20(15,2)10-16(24)18(14)19/h5,7,9,14-15,17-18,22,25-26H,3-4,6,8,10-11H2,1-2H3/t14-,15-,17-,18+,19+,20+,21+/m1/s1. The van der Waals surface area contributed by atoms with Crippen molar-refractivity contribution in [1.82, 2.24) is 0 Å². The zero-order valence-corrected chi connectivity index (χ0v) is 15.4. The predicted molar refractivity (Wildman–Crippen MR) is 95.0 cm³/mol. The first kappa shape index (κ1) is 18.1. The summed E-state index contributed by atoms with van der Waals surface area (Å²) >= 11 is 0. The van der Waals surface area contributed by atoms with E-state index in [2.05, 4.69) is 6.92 Å². The third kappa shape index (κ3) is 2.08. The number of aliphatic hydroxyl groups excluding tert-OH is 2. The van der Waals surface area contributed by atoms with E-state index >= 15 is 0 Å². The number of carbonyl (C=O) groups is 2. The average molecular weight is 360 g/mol. The summed E-state index contributed by atoms with van der Waals surface area (Å²) in [6.45, 7) is 3.46. The fourth-order valence-corrected chi connectivity index (χ4v) is 6.76. The number of hydrogen-bond acceptors (Lipinski definition) is 5. The van der Waals surface area contributed by atoms with E-state index in [0.717, 1.165) is 24.8 Å². The molecule has 0 aromatic carbocycles. The zero-order chi connectivity index (χ0) is 18.9. The summed E-state index contributed by atoms with van der Waals surface area (Å²) in [6.07, 6.45) is 6.91. The van der Waals surface area contributed by atoms with Crippen LogP contribution in [0.15, 0.2) is 23.8 Å². The molecule has 26 heavy (non-hydrogen) atoms. The number of allylic oxidation sites excluding steroid dienone is 4. The van der Waals surface area contributed by atoms with Crippen LogP contribution in [0.2, 0.25) is 0 Å². The molecule has 3 fully saturated rings. The summed E-state index contributed by atoms with van der Waals surface area (Å²) < 4.78 is 0. The van der Waals surface area contributed by atoms with E-state index in [0.29, 0.717) is 6.42 Å². The molecule has 0 aromatic rings. The largest absolute Gasteiger partial charge is 0.394 e. The summed E-state index contributed by atoms with van der Waals surface area (Å²) in [5.41, 5.74) is -1.53. The van der Waals surface area contributed by atoms with Gasteiger partial charge in [-0.15, -0.1) is 0 Å². The molecule has 5 heteroatoms. The highest BCUT2D eigenvalue weighted by Crippen LogP contribution is 2.66. The molecular weight excluding hydrogens is 332 g/mol. The van der Waals surface area contributed by atoms with Crippen LogP contribution in [0, 0.1) is 28.6 Å². The molecule has 4 aliphatic carbocycles. The van der Waals surface area contributed by atoms with E-state index in [-0.39, 0.29) is 35.7 Å². The third-order valence-electron chi connectivity index (χ3n) is 8.20. The first-order chi connectivity index (χ1) is 12.2. The van der Waals surface area contributed by atoms with Crippen molar-refractivity contribution in [3.05, 3.63) is 23.8 Å². The van der Waals surface area contributed by atoms with Crippen molar-refractivity contribution < 1.29 is 24.9 Å². The van der Waals surface area contributed by atoms with Crippen LogP contribution in [0.4, 0.5) is 0 Å². The Hall–Kier alpha value is -1.30. The van der Waals surface area contributed by atoms with Crippen LogP contribution in [0.5, 0.6) is 0 Å². The van der Waals surface area contributed by atoms with Crippen molar-refractivity contribution in [2.45, 2.75) is 57.7 Å². The molecule has 3 N–H and O–H groups in total. The summed E-state index contributed by atoms with van der Waals surface area (Å²) in [4.78, 5) is 25.1. The van der Waals surface area contributed by atoms with Gasteiger partial charge >= 0.3 is 0 Å². The number of aliphatic hydroxyl groups is 3. The molecule has 3 saturated carbocycles. The van der Waals surface area contributed by atoms with Crippen molar-refractivity contribution >= 4 is 11.6 Å². The zero-order valence-electron chi connectivity index (χ0n) is 15.4. The van der Waals surface area contributed by atoms with Gasteiger partial charge in [0.2, 0.25) is 0 Å². The lowest BCUT2D eigenvalue weighted by molar-refractivity contribution is -0.186. The molecule has 4 rings (SSSR count). The Morgan fingerprint density at radius 3 is 2.69 bits per heavy atom. The maximum absolute atomic E-state index is 13.3. The van der Waals surface area contributed by atoms with E-state index in [1.165, 1.54) is 0 Å². The van der Waals surface area contributed by atoms with Crippen LogP contribution in [-0.2, 0) is 9.59 Å². The summed E-state index contributed by atoms with van der Waals surface area (Å²) in [5, 5.41) is 31.0. The molecule has 0 saturated heterocycles. The maximum Gasteiger partial charge on any atom is 0.178 e. The minimum atomic E-state index is -1.43. The average Bonchev–Trinajstić information content (AvgIpc) is 2.86. The molecule has 0 spiro atoms. The van der Waals surface area contributed by atoms with Crippen molar-refractivity contribution in [1.29, 1.82) is 0 Å². The van der Waals surface area contributed by atoms with Gasteiger partial charge in [0.25, 0.3) is 0 Å². The Morgan fingerprint density at radius 2 is 2.00 bits per heavy atom. The quantitative estimate of drug-likeness (QED) is 0.695. The van der Waals surface area contributed by atoms with Gasteiger partial charge in [-0.05, 0) is 49.7 Å². The maximum atomic E-state index is 13.3. The molecule has 0 unspecified atom stereocenters.